The molecule has 0 N–H and O–H groups in total. The van der Waals surface area contributed by atoms with Crippen LogP contribution in [0.5, 0.6) is 5.75 Å². The van der Waals surface area contributed by atoms with Crippen LogP contribution in [-0.4, -0.2) is 23.2 Å². The molecule has 0 radical (unpaired) electrons. The van der Waals surface area contributed by atoms with Crippen molar-refractivity contribution in [1.82, 2.24) is 0 Å². The van der Waals surface area contributed by atoms with E-state index in [9.17, 15) is 10.1 Å². The summed E-state index contributed by atoms with van der Waals surface area (Å²) in [4.78, 5) is 10.8. The zero-order valence-electron chi connectivity index (χ0n) is 11.7. The van der Waals surface area contributed by atoms with Gasteiger partial charge in [-0.2, -0.15) is 0 Å². The number of ether oxygens (including phenoxy) is 2. The van der Waals surface area contributed by atoms with E-state index in [4.69, 9.17) is 9.47 Å². The molecule has 1 aliphatic carbocycles. The van der Waals surface area contributed by atoms with Gasteiger partial charge in [-0.1, -0.05) is 22.0 Å². The second-order valence-corrected chi connectivity index (χ2v) is 6.37. The summed E-state index contributed by atoms with van der Waals surface area (Å²) in [6.07, 6.45) is 4.99. The largest absolute Gasteiger partial charge is 0.483 e. The summed E-state index contributed by atoms with van der Waals surface area (Å²) in [5.74, 6) is 0.373. The maximum Gasteiger partial charge on any atom is 0.310 e. The number of benzene rings is 1. The van der Waals surface area contributed by atoms with Crippen molar-refractivity contribution in [3.05, 3.63) is 33.9 Å². The summed E-state index contributed by atoms with van der Waals surface area (Å²) < 4.78 is 11.8. The smallest absolute Gasteiger partial charge is 0.310 e. The summed E-state index contributed by atoms with van der Waals surface area (Å²) in [6.45, 7) is 0.677. The zero-order chi connectivity index (χ0) is 14.9. The Morgan fingerprint density at radius 1 is 1.48 bits per heavy atom. The molecule has 2 aliphatic rings. The number of nitrogens with zero attached hydrogens (tertiary/aromatic N) is 1. The van der Waals surface area contributed by atoms with Gasteiger partial charge in [0.15, 0.2) is 5.75 Å². The van der Waals surface area contributed by atoms with Crippen LogP contribution >= 0.6 is 15.9 Å². The molecule has 0 bridgehead atoms. The van der Waals surface area contributed by atoms with Gasteiger partial charge >= 0.3 is 5.69 Å². The highest BCUT2D eigenvalue weighted by atomic mass is 79.9. The van der Waals surface area contributed by atoms with Crippen molar-refractivity contribution in [2.75, 3.05) is 6.61 Å². The Hall–Kier alpha value is -1.14. The fraction of sp³-hybridized carbons (Fsp3) is 0.600. The lowest BCUT2D eigenvalue weighted by molar-refractivity contribution is -0.386. The molecule has 5 nitrogen and oxygen atoms in total. The first-order chi connectivity index (χ1) is 10.1. The second kappa shape index (κ2) is 5.93. The van der Waals surface area contributed by atoms with Crippen molar-refractivity contribution in [3.63, 3.8) is 0 Å². The Kier molecular flexibility index (Phi) is 4.17. The molecular formula is C15H18BrNO4. The number of hydrogen-bond acceptors (Lipinski definition) is 4. The van der Waals surface area contributed by atoms with E-state index in [-0.39, 0.29) is 22.3 Å². The lowest BCUT2D eigenvalue weighted by Crippen LogP contribution is -2.48. The highest BCUT2D eigenvalue weighted by molar-refractivity contribution is 9.08. The van der Waals surface area contributed by atoms with Gasteiger partial charge in [-0.05, 0) is 30.9 Å². The fourth-order valence-corrected chi connectivity index (χ4v) is 3.42. The number of alkyl halides is 1. The predicted octanol–water partition coefficient (Wildman–Crippen LogP) is 3.97. The fourth-order valence-electron chi connectivity index (χ4n) is 3.07. The molecule has 1 aromatic carbocycles. The van der Waals surface area contributed by atoms with Crippen molar-refractivity contribution in [2.24, 2.45) is 0 Å². The van der Waals surface area contributed by atoms with Crippen LogP contribution in [0.15, 0.2) is 18.2 Å². The van der Waals surface area contributed by atoms with Crippen LogP contribution in [0, 0.1) is 10.1 Å². The Balaban J connectivity index is 1.78. The predicted molar refractivity (Wildman–Crippen MR) is 81.9 cm³/mol. The lowest BCUT2D eigenvalue weighted by atomic mass is 9.74. The average Bonchev–Trinajstić information content (AvgIpc) is 2.45. The first-order valence-electron chi connectivity index (χ1n) is 7.26. The Labute approximate surface area is 131 Å². The van der Waals surface area contributed by atoms with E-state index in [1.54, 1.807) is 12.1 Å². The zero-order valence-corrected chi connectivity index (χ0v) is 13.3. The normalized spacial score (nSPS) is 23.6. The quantitative estimate of drug-likeness (QED) is 0.465. The molecule has 1 spiro atoms. The van der Waals surface area contributed by atoms with Gasteiger partial charge < -0.3 is 9.47 Å². The summed E-state index contributed by atoms with van der Waals surface area (Å²) in [5, 5.41) is 11.8. The van der Waals surface area contributed by atoms with Gasteiger partial charge in [-0.15, -0.1) is 0 Å². The number of halogens is 1. The van der Waals surface area contributed by atoms with Gasteiger partial charge in [0.2, 0.25) is 0 Å². The van der Waals surface area contributed by atoms with E-state index in [1.807, 2.05) is 0 Å². The maximum absolute atomic E-state index is 11.1. The van der Waals surface area contributed by atoms with Gasteiger partial charge in [0.1, 0.15) is 6.10 Å². The molecule has 3 rings (SSSR count). The minimum Gasteiger partial charge on any atom is -0.483 e. The van der Waals surface area contributed by atoms with Gasteiger partial charge in [0.25, 0.3) is 0 Å². The molecule has 2 fully saturated rings. The summed E-state index contributed by atoms with van der Waals surface area (Å²) in [5.41, 5.74) is 0.986. The average molecular weight is 356 g/mol. The first-order valence-corrected chi connectivity index (χ1v) is 8.38. The summed E-state index contributed by atoms with van der Waals surface area (Å²) in [6, 6.07) is 5.03. The first kappa shape index (κ1) is 14.8. The standard InChI is InChI=1S/C15H18BrNO4/c16-10-11-2-3-13(17(18)19)14(8-11)21-12-4-7-20-15(9-12)5-1-6-15/h2-3,8,12H,1,4-7,9-10H2. The molecular weight excluding hydrogens is 338 g/mol. The van der Waals surface area contributed by atoms with Crippen LogP contribution in [0.2, 0.25) is 0 Å². The molecule has 1 heterocycles. The minimum absolute atomic E-state index is 0.00308. The third-order valence-corrected chi connectivity index (χ3v) is 5.03. The third kappa shape index (κ3) is 3.06. The van der Waals surface area contributed by atoms with Gasteiger partial charge in [0.05, 0.1) is 17.1 Å². The van der Waals surface area contributed by atoms with Crippen molar-refractivity contribution in [2.45, 2.75) is 49.1 Å². The lowest BCUT2D eigenvalue weighted by Gasteiger charge is -2.46. The van der Waals surface area contributed by atoms with Crippen LogP contribution in [-0.2, 0) is 10.1 Å². The topological polar surface area (TPSA) is 61.6 Å². The highest BCUT2D eigenvalue weighted by Crippen LogP contribution is 2.43. The van der Waals surface area contributed by atoms with E-state index < -0.39 is 0 Å². The molecule has 6 heteroatoms. The Morgan fingerprint density at radius 3 is 2.90 bits per heavy atom. The van der Waals surface area contributed by atoms with Crippen molar-refractivity contribution in [3.8, 4) is 5.75 Å². The van der Waals surface area contributed by atoms with Gasteiger partial charge in [-0.3, -0.25) is 10.1 Å². The maximum atomic E-state index is 11.1. The van der Waals surface area contributed by atoms with Crippen LogP contribution in [0.1, 0.15) is 37.7 Å². The summed E-state index contributed by atoms with van der Waals surface area (Å²) in [7, 11) is 0. The van der Waals surface area contributed by atoms with Crippen LogP contribution in [0.25, 0.3) is 0 Å². The Morgan fingerprint density at radius 2 is 2.29 bits per heavy atom. The SMILES string of the molecule is O=[N+]([O-])c1ccc(CBr)cc1OC1CCOC2(CCC2)C1. The van der Waals surface area contributed by atoms with E-state index in [1.165, 1.54) is 12.5 Å². The van der Waals surface area contributed by atoms with Crippen molar-refractivity contribution < 1.29 is 14.4 Å². The number of nitro benzene ring substituents is 1. The van der Waals surface area contributed by atoms with E-state index in [0.29, 0.717) is 17.7 Å². The third-order valence-electron chi connectivity index (χ3n) is 4.38. The number of nitro groups is 1. The highest BCUT2D eigenvalue weighted by Gasteiger charge is 2.43. The van der Waals surface area contributed by atoms with Crippen LogP contribution < -0.4 is 4.74 Å². The van der Waals surface area contributed by atoms with Crippen molar-refractivity contribution in [1.29, 1.82) is 0 Å². The molecule has 1 aliphatic heterocycles. The molecule has 114 valence electrons. The minimum atomic E-state index is -0.383. The van der Waals surface area contributed by atoms with Gasteiger partial charge in [-0.25, -0.2) is 0 Å². The van der Waals surface area contributed by atoms with E-state index in [2.05, 4.69) is 15.9 Å². The number of hydrogen-bond donors (Lipinski definition) is 0. The van der Waals surface area contributed by atoms with Crippen LogP contribution in [0.3, 0.4) is 0 Å². The molecule has 1 aromatic rings. The molecule has 21 heavy (non-hydrogen) atoms. The molecule has 1 unspecified atom stereocenters. The van der Waals surface area contributed by atoms with Crippen LogP contribution in [0.4, 0.5) is 5.69 Å². The monoisotopic (exact) mass is 355 g/mol. The molecule has 1 atom stereocenters. The van der Waals surface area contributed by atoms with E-state index in [0.717, 1.165) is 31.2 Å². The van der Waals surface area contributed by atoms with E-state index >= 15 is 0 Å². The van der Waals surface area contributed by atoms with Crippen molar-refractivity contribution >= 4 is 21.6 Å². The molecule has 0 amide bonds. The molecule has 1 saturated carbocycles. The Bertz CT molecular complexity index is 544. The molecule has 0 aromatic heterocycles. The number of rotatable bonds is 4. The second-order valence-electron chi connectivity index (χ2n) is 5.81. The molecule has 1 saturated heterocycles. The summed E-state index contributed by atoms with van der Waals surface area (Å²) >= 11 is 3.37. The van der Waals surface area contributed by atoms with Gasteiger partial charge in [0, 0.05) is 24.2 Å².